The zero-order valence-corrected chi connectivity index (χ0v) is 16.7. The number of nitrogens with zero attached hydrogens (tertiary/aromatic N) is 3. The van der Waals surface area contributed by atoms with Gasteiger partial charge in [-0.05, 0) is 30.3 Å². The molecule has 0 bridgehead atoms. The number of para-hydroxylation sites is 2. The molecule has 1 N–H and O–H groups in total. The highest BCUT2D eigenvalue weighted by molar-refractivity contribution is 7.99. The molecule has 0 aliphatic carbocycles. The van der Waals surface area contributed by atoms with Gasteiger partial charge < -0.3 is 10.2 Å². The SMILES string of the molecule is O=C(Cn1c(=O)cnc2ccccc21)Nc1ccc(N2CCSCC2)c(Cl)c1. The van der Waals surface area contributed by atoms with Crippen molar-refractivity contribution in [3.05, 3.63) is 64.0 Å². The van der Waals surface area contributed by atoms with Gasteiger partial charge in [-0.15, -0.1) is 0 Å². The smallest absolute Gasteiger partial charge is 0.269 e. The van der Waals surface area contributed by atoms with Gasteiger partial charge in [-0.1, -0.05) is 23.7 Å². The first-order chi connectivity index (χ1) is 13.6. The first-order valence-electron chi connectivity index (χ1n) is 8.98. The van der Waals surface area contributed by atoms with E-state index >= 15 is 0 Å². The van der Waals surface area contributed by atoms with Crippen LogP contribution < -0.4 is 15.8 Å². The Balaban J connectivity index is 1.51. The van der Waals surface area contributed by atoms with Crippen molar-refractivity contribution in [3.63, 3.8) is 0 Å². The molecule has 0 radical (unpaired) electrons. The average Bonchev–Trinajstić information content (AvgIpc) is 2.71. The maximum atomic E-state index is 12.5. The summed E-state index contributed by atoms with van der Waals surface area (Å²) in [6, 6.07) is 12.8. The second-order valence-electron chi connectivity index (χ2n) is 6.49. The Bertz CT molecular complexity index is 1080. The first kappa shape index (κ1) is 18.8. The van der Waals surface area contributed by atoms with E-state index in [1.807, 2.05) is 36.0 Å². The molecule has 28 heavy (non-hydrogen) atoms. The Hall–Kier alpha value is -2.51. The van der Waals surface area contributed by atoms with Crippen LogP contribution in [0.5, 0.6) is 0 Å². The number of hydrogen-bond donors (Lipinski definition) is 1. The second kappa shape index (κ2) is 8.24. The molecule has 1 amide bonds. The van der Waals surface area contributed by atoms with Crippen molar-refractivity contribution in [2.24, 2.45) is 0 Å². The molecular formula is C20H19ClN4O2S. The number of amides is 1. The van der Waals surface area contributed by atoms with Gasteiger partial charge >= 0.3 is 0 Å². The molecule has 8 heteroatoms. The van der Waals surface area contributed by atoms with E-state index in [9.17, 15) is 9.59 Å². The molecule has 4 rings (SSSR count). The predicted molar refractivity (Wildman–Crippen MR) is 116 cm³/mol. The summed E-state index contributed by atoms with van der Waals surface area (Å²) in [7, 11) is 0. The molecule has 0 saturated carbocycles. The number of halogens is 1. The lowest BCUT2D eigenvalue weighted by atomic mass is 10.2. The molecule has 0 spiro atoms. The minimum absolute atomic E-state index is 0.0927. The van der Waals surface area contributed by atoms with Crippen LogP contribution in [0, 0.1) is 0 Å². The zero-order chi connectivity index (χ0) is 19.5. The Kier molecular flexibility index (Phi) is 5.54. The van der Waals surface area contributed by atoms with Crippen LogP contribution in [0.2, 0.25) is 5.02 Å². The summed E-state index contributed by atoms with van der Waals surface area (Å²) in [4.78, 5) is 31.1. The number of anilines is 2. The van der Waals surface area contributed by atoms with Crippen LogP contribution in [0.15, 0.2) is 53.5 Å². The average molecular weight is 415 g/mol. The zero-order valence-electron chi connectivity index (χ0n) is 15.1. The van der Waals surface area contributed by atoms with Crippen LogP contribution in [0.1, 0.15) is 0 Å². The van der Waals surface area contributed by atoms with E-state index in [-0.39, 0.29) is 18.0 Å². The quantitative estimate of drug-likeness (QED) is 0.709. The standard InChI is InChI=1S/C20H19ClN4O2S/c21-15-11-14(5-6-17(15)24-7-9-28-10-8-24)23-19(26)13-25-18-4-2-1-3-16(18)22-12-20(25)27/h1-6,11-12H,7-10,13H2,(H,23,26). The highest BCUT2D eigenvalue weighted by Crippen LogP contribution is 2.30. The van der Waals surface area contributed by atoms with E-state index in [4.69, 9.17) is 11.6 Å². The number of rotatable bonds is 4. The lowest BCUT2D eigenvalue weighted by Gasteiger charge is -2.29. The summed E-state index contributed by atoms with van der Waals surface area (Å²) in [6.45, 7) is 1.84. The normalized spacial score (nSPS) is 14.2. The molecule has 1 aromatic heterocycles. The Morgan fingerprint density at radius 1 is 1.18 bits per heavy atom. The summed E-state index contributed by atoms with van der Waals surface area (Å²) in [5.41, 5.74) is 2.57. The van der Waals surface area contributed by atoms with Crippen molar-refractivity contribution < 1.29 is 4.79 Å². The summed E-state index contributed by atoms with van der Waals surface area (Å²) in [6.07, 6.45) is 1.23. The number of hydrogen-bond acceptors (Lipinski definition) is 5. The van der Waals surface area contributed by atoms with E-state index in [1.165, 1.54) is 10.8 Å². The largest absolute Gasteiger partial charge is 0.369 e. The number of nitrogens with one attached hydrogen (secondary N) is 1. The Labute approximate surface area is 171 Å². The molecule has 1 aliphatic heterocycles. The van der Waals surface area contributed by atoms with Gasteiger partial charge in [0.25, 0.3) is 5.56 Å². The van der Waals surface area contributed by atoms with E-state index in [2.05, 4.69) is 15.2 Å². The van der Waals surface area contributed by atoms with Gasteiger partial charge in [-0.25, -0.2) is 4.98 Å². The van der Waals surface area contributed by atoms with E-state index in [1.54, 1.807) is 18.2 Å². The molecule has 1 saturated heterocycles. The molecule has 0 unspecified atom stereocenters. The molecule has 2 heterocycles. The summed E-state index contributed by atoms with van der Waals surface area (Å²) >= 11 is 8.39. The van der Waals surface area contributed by atoms with E-state index < -0.39 is 0 Å². The van der Waals surface area contributed by atoms with Crippen LogP contribution >= 0.6 is 23.4 Å². The van der Waals surface area contributed by atoms with Gasteiger partial charge in [-0.2, -0.15) is 11.8 Å². The number of fused-ring (bicyclic) bond motifs is 1. The van der Waals surface area contributed by atoms with Crippen LogP contribution in [-0.4, -0.2) is 40.1 Å². The minimum Gasteiger partial charge on any atom is -0.369 e. The summed E-state index contributed by atoms with van der Waals surface area (Å²) < 4.78 is 1.42. The second-order valence-corrected chi connectivity index (χ2v) is 8.12. The van der Waals surface area contributed by atoms with Crippen molar-refractivity contribution in [3.8, 4) is 0 Å². The fraction of sp³-hybridized carbons (Fsp3) is 0.250. The molecule has 1 aliphatic rings. The van der Waals surface area contributed by atoms with Gasteiger partial charge in [0.2, 0.25) is 5.91 Å². The molecule has 3 aromatic rings. The van der Waals surface area contributed by atoms with Crippen LogP contribution in [0.25, 0.3) is 11.0 Å². The maximum Gasteiger partial charge on any atom is 0.269 e. The van der Waals surface area contributed by atoms with Gasteiger partial charge in [0.1, 0.15) is 6.54 Å². The number of benzene rings is 2. The monoisotopic (exact) mass is 414 g/mol. The van der Waals surface area contributed by atoms with Crippen molar-refractivity contribution >= 4 is 51.7 Å². The molecule has 144 valence electrons. The topological polar surface area (TPSA) is 67.2 Å². The van der Waals surface area contributed by atoms with Gasteiger partial charge in [-0.3, -0.25) is 14.2 Å². The number of carbonyl (C=O) groups excluding carboxylic acids is 1. The number of thioether (sulfide) groups is 1. The molecule has 0 atom stereocenters. The van der Waals surface area contributed by atoms with Crippen LogP contribution in [-0.2, 0) is 11.3 Å². The van der Waals surface area contributed by atoms with Crippen molar-refractivity contribution in [2.75, 3.05) is 34.8 Å². The molecule has 6 nitrogen and oxygen atoms in total. The van der Waals surface area contributed by atoms with Crippen LogP contribution in [0.3, 0.4) is 0 Å². The molecule has 2 aromatic carbocycles. The predicted octanol–water partition coefficient (Wildman–Crippen LogP) is 3.24. The minimum atomic E-state index is -0.315. The van der Waals surface area contributed by atoms with Gasteiger partial charge in [0.05, 0.1) is 27.9 Å². The lowest BCUT2D eigenvalue weighted by molar-refractivity contribution is -0.116. The molecule has 1 fully saturated rings. The number of aromatic nitrogens is 2. The Morgan fingerprint density at radius 2 is 1.96 bits per heavy atom. The van der Waals surface area contributed by atoms with Crippen molar-refractivity contribution in [2.45, 2.75) is 6.54 Å². The van der Waals surface area contributed by atoms with Crippen molar-refractivity contribution in [1.82, 2.24) is 9.55 Å². The fourth-order valence-electron chi connectivity index (χ4n) is 3.27. The third-order valence-corrected chi connectivity index (χ3v) is 5.88. The first-order valence-corrected chi connectivity index (χ1v) is 10.5. The van der Waals surface area contributed by atoms with Crippen LogP contribution in [0.4, 0.5) is 11.4 Å². The third-order valence-electron chi connectivity index (χ3n) is 4.64. The summed E-state index contributed by atoms with van der Waals surface area (Å²) in [5, 5.41) is 3.43. The van der Waals surface area contributed by atoms with Crippen molar-refractivity contribution in [1.29, 1.82) is 0 Å². The van der Waals surface area contributed by atoms with Gasteiger partial charge in [0.15, 0.2) is 0 Å². The van der Waals surface area contributed by atoms with E-state index in [0.29, 0.717) is 21.7 Å². The fourth-order valence-corrected chi connectivity index (χ4v) is 4.47. The maximum absolute atomic E-state index is 12.5. The lowest BCUT2D eigenvalue weighted by Crippen LogP contribution is -2.32. The number of carbonyl (C=O) groups is 1. The summed E-state index contributed by atoms with van der Waals surface area (Å²) in [5.74, 6) is 1.88. The van der Waals surface area contributed by atoms with E-state index in [0.717, 1.165) is 30.3 Å². The molecular weight excluding hydrogens is 396 g/mol. The Morgan fingerprint density at radius 3 is 2.75 bits per heavy atom. The highest BCUT2D eigenvalue weighted by Gasteiger charge is 2.15. The highest BCUT2D eigenvalue weighted by atomic mass is 35.5. The van der Waals surface area contributed by atoms with Gasteiger partial charge in [0, 0.05) is 30.3 Å². The third kappa shape index (κ3) is 4.00.